The number of hydrogen-bond acceptors (Lipinski definition) is 5. The van der Waals surface area contributed by atoms with Gasteiger partial charge in [-0.05, 0) is 29.2 Å². The maximum absolute atomic E-state index is 12.1. The average Bonchev–Trinajstić information content (AvgIpc) is 3.10. The normalized spacial score (nSPS) is 11.6. The highest BCUT2D eigenvalue weighted by molar-refractivity contribution is 5.79. The number of rotatable bonds is 4. The van der Waals surface area contributed by atoms with E-state index in [1.807, 2.05) is 24.3 Å². The zero-order chi connectivity index (χ0) is 21.8. The van der Waals surface area contributed by atoms with E-state index in [9.17, 15) is 14.9 Å². The molecular weight excluding hydrogens is 394 g/mol. The number of aromatic nitrogens is 1. The van der Waals surface area contributed by atoms with Crippen LogP contribution in [0.1, 0.15) is 28.3 Å². The van der Waals surface area contributed by atoms with Crippen LogP contribution in [0.25, 0.3) is 11.1 Å². The third-order valence-corrected chi connectivity index (χ3v) is 5.17. The highest BCUT2D eigenvalue weighted by Crippen LogP contribution is 2.44. The lowest BCUT2D eigenvalue weighted by Gasteiger charge is -2.14. The molecule has 1 aliphatic rings. The van der Waals surface area contributed by atoms with Crippen LogP contribution in [0.2, 0.25) is 0 Å². The second-order valence-corrected chi connectivity index (χ2v) is 7.06. The lowest BCUT2D eigenvalue weighted by atomic mass is 9.98. The van der Waals surface area contributed by atoms with Gasteiger partial charge in [0.2, 0.25) is 0 Å². The minimum Gasteiger partial charge on any atom is -0.449 e. The Labute approximate surface area is 179 Å². The summed E-state index contributed by atoms with van der Waals surface area (Å²) < 4.78 is 5.45. The van der Waals surface area contributed by atoms with E-state index in [-0.39, 0.29) is 24.8 Å². The van der Waals surface area contributed by atoms with Crippen LogP contribution in [0, 0.1) is 28.9 Å². The molecule has 31 heavy (non-hydrogen) atoms. The second kappa shape index (κ2) is 8.67. The number of nitro groups is 1. The van der Waals surface area contributed by atoms with Crippen LogP contribution >= 0.6 is 0 Å². The minimum atomic E-state index is -0.565. The van der Waals surface area contributed by atoms with Gasteiger partial charge in [0.1, 0.15) is 12.8 Å². The van der Waals surface area contributed by atoms with Crippen molar-refractivity contribution in [2.75, 3.05) is 13.2 Å². The Kier molecular flexibility index (Phi) is 5.63. The number of nitrogens with zero attached hydrogens (tertiary/aromatic N) is 2. The molecule has 7 heteroatoms. The van der Waals surface area contributed by atoms with Gasteiger partial charge in [-0.2, -0.15) is 0 Å². The number of carbonyl (C=O) groups is 1. The van der Waals surface area contributed by atoms with Crippen LogP contribution in [0.15, 0.2) is 60.8 Å². The molecule has 1 N–H and O–H groups in total. The molecule has 1 aliphatic carbocycles. The van der Waals surface area contributed by atoms with Gasteiger partial charge in [-0.25, -0.2) is 4.79 Å². The van der Waals surface area contributed by atoms with Crippen molar-refractivity contribution in [3.05, 3.63) is 93.3 Å². The molecule has 4 rings (SSSR count). The van der Waals surface area contributed by atoms with Gasteiger partial charge in [0.25, 0.3) is 5.69 Å². The van der Waals surface area contributed by atoms with Crippen LogP contribution in [0.3, 0.4) is 0 Å². The summed E-state index contributed by atoms with van der Waals surface area (Å²) in [7, 11) is 0. The SMILES string of the molecule is Cc1ncc([N+](=O)[O-])cc1C#CCNC(=O)OCC1c2ccccc2-c2ccccc21. The van der Waals surface area contributed by atoms with Gasteiger partial charge in [0, 0.05) is 12.0 Å². The van der Waals surface area contributed by atoms with E-state index in [4.69, 9.17) is 4.74 Å². The molecule has 0 spiro atoms. The summed E-state index contributed by atoms with van der Waals surface area (Å²) in [6.45, 7) is 1.99. The molecule has 0 aliphatic heterocycles. The van der Waals surface area contributed by atoms with Crippen molar-refractivity contribution in [1.29, 1.82) is 0 Å². The molecule has 3 aromatic rings. The first kappa shape index (κ1) is 20.1. The molecule has 154 valence electrons. The number of amides is 1. The van der Waals surface area contributed by atoms with Gasteiger partial charge in [0.05, 0.1) is 22.7 Å². The van der Waals surface area contributed by atoms with Crippen molar-refractivity contribution in [1.82, 2.24) is 10.3 Å². The van der Waals surface area contributed by atoms with Crippen molar-refractivity contribution in [2.24, 2.45) is 0 Å². The summed E-state index contributed by atoms with van der Waals surface area (Å²) in [4.78, 5) is 26.5. The number of pyridine rings is 1. The van der Waals surface area contributed by atoms with Crippen molar-refractivity contribution < 1.29 is 14.5 Å². The highest BCUT2D eigenvalue weighted by Gasteiger charge is 2.28. The maximum Gasteiger partial charge on any atom is 0.407 e. The van der Waals surface area contributed by atoms with Gasteiger partial charge in [-0.1, -0.05) is 60.4 Å². The Balaban J connectivity index is 1.36. The third kappa shape index (κ3) is 4.23. The van der Waals surface area contributed by atoms with Crippen LogP contribution in [0.4, 0.5) is 10.5 Å². The summed E-state index contributed by atoms with van der Waals surface area (Å²) in [5.74, 6) is 5.56. The molecule has 0 saturated carbocycles. The third-order valence-electron chi connectivity index (χ3n) is 5.17. The molecule has 1 aromatic heterocycles. The molecule has 0 saturated heterocycles. The summed E-state index contributed by atoms with van der Waals surface area (Å²) >= 11 is 0. The van der Waals surface area contributed by atoms with Gasteiger partial charge in [-0.3, -0.25) is 15.1 Å². The number of alkyl carbamates (subject to hydrolysis) is 1. The number of carbonyl (C=O) groups excluding carboxylic acids is 1. The van der Waals surface area contributed by atoms with Crippen LogP contribution in [0.5, 0.6) is 0 Å². The summed E-state index contributed by atoms with van der Waals surface area (Å²) in [6.07, 6.45) is 0.625. The Morgan fingerprint density at radius 2 is 1.81 bits per heavy atom. The Morgan fingerprint density at radius 3 is 2.45 bits per heavy atom. The first-order valence-electron chi connectivity index (χ1n) is 9.73. The Hall–Kier alpha value is -4.18. The lowest BCUT2D eigenvalue weighted by Crippen LogP contribution is -2.26. The summed E-state index contributed by atoms with van der Waals surface area (Å²) in [5, 5.41) is 13.5. The van der Waals surface area contributed by atoms with E-state index < -0.39 is 11.0 Å². The molecule has 0 unspecified atom stereocenters. The number of benzene rings is 2. The second-order valence-electron chi connectivity index (χ2n) is 7.06. The van der Waals surface area contributed by atoms with Crippen molar-refractivity contribution >= 4 is 11.8 Å². The first-order valence-corrected chi connectivity index (χ1v) is 9.73. The fraction of sp³-hybridized carbons (Fsp3) is 0.167. The van der Waals surface area contributed by atoms with Gasteiger partial charge in [-0.15, -0.1) is 0 Å². The molecule has 1 heterocycles. The number of ether oxygens (including phenoxy) is 1. The highest BCUT2D eigenvalue weighted by atomic mass is 16.6. The van der Waals surface area contributed by atoms with Crippen molar-refractivity contribution in [2.45, 2.75) is 12.8 Å². The van der Waals surface area contributed by atoms with Crippen molar-refractivity contribution in [3.63, 3.8) is 0 Å². The van der Waals surface area contributed by atoms with Crippen LogP contribution in [-0.4, -0.2) is 29.2 Å². The first-order chi connectivity index (χ1) is 15.0. The predicted octanol–water partition coefficient (Wildman–Crippen LogP) is 4.19. The topological polar surface area (TPSA) is 94.4 Å². The predicted molar refractivity (Wildman–Crippen MR) is 116 cm³/mol. The maximum atomic E-state index is 12.1. The fourth-order valence-corrected chi connectivity index (χ4v) is 3.65. The van der Waals surface area contributed by atoms with Crippen molar-refractivity contribution in [3.8, 4) is 23.0 Å². The Bertz CT molecular complexity index is 1180. The van der Waals surface area contributed by atoms with Crippen LogP contribution < -0.4 is 5.32 Å². The average molecular weight is 413 g/mol. The largest absolute Gasteiger partial charge is 0.449 e. The zero-order valence-electron chi connectivity index (χ0n) is 16.8. The molecule has 2 aromatic carbocycles. The summed E-state index contributed by atoms with van der Waals surface area (Å²) in [6, 6.07) is 17.6. The van der Waals surface area contributed by atoms with E-state index in [0.717, 1.165) is 11.1 Å². The fourth-order valence-electron chi connectivity index (χ4n) is 3.65. The molecule has 0 radical (unpaired) electrons. The van der Waals surface area contributed by atoms with E-state index in [0.29, 0.717) is 11.3 Å². The van der Waals surface area contributed by atoms with Crippen LogP contribution in [-0.2, 0) is 4.74 Å². The number of nitrogens with one attached hydrogen (secondary N) is 1. The molecule has 0 fully saturated rings. The Morgan fingerprint density at radius 1 is 1.16 bits per heavy atom. The number of aryl methyl sites for hydroxylation is 1. The molecular formula is C24H19N3O4. The molecule has 1 amide bonds. The molecule has 0 atom stereocenters. The van der Waals surface area contributed by atoms with Gasteiger partial charge < -0.3 is 10.1 Å². The molecule has 0 bridgehead atoms. The van der Waals surface area contributed by atoms with E-state index >= 15 is 0 Å². The minimum absolute atomic E-state index is 0.0113. The molecule has 7 nitrogen and oxygen atoms in total. The number of hydrogen-bond donors (Lipinski definition) is 1. The quantitative estimate of drug-likeness (QED) is 0.393. The smallest absolute Gasteiger partial charge is 0.407 e. The van der Waals surface area contributed by atoms with E-state index in [1.54, 1.807) is 6.92 Å². The zero-order valence-corrected chi connectivity index (χ0v) is 16.8. The summed E-state index contributed by atoms with van der Waals surface area (Å²) in [5.41, 5.74) is 5.52. The van der Waals surface area contributed by atoms with Gasteiger partial charge in [0.15, 0.2) is 0 Å². The van der Waals surface area contributed by atoms with E-state index in [2.05, 4.69) is 46.4 Å². The standard InChI is InChI=1S/C24H19N3O4/c1-16-17(13-18(14-26-16)27(29)30)7-6-12-25-24(28)31-15-23-21-10-4-2-8-19(21)20-9-3-5-11-22(20)23/h2-5,8-11,13-14,23H,12,15H2,1H3,(H,25,28). The lowest BCUT2D eigenvalue weighted by molar-refractivity contribution is -0.385. The van der Waals surface area contributed by atoms with Gasteiger partial charge >= 0.3 is 6.09 Å². The van der Waals surface area contributed by atoms with E-state index in [1.165, 1.54) is 23.4 Å². The number of fused-ring (bicyclic) bond motifs is 3. The monoisotopic (exact) mass is 413 g/mol.